The van der Waals surface area contributed by atoms with Crippen LogP contribution in [0.15, 0.2) is 66.7 Å². The molecule has 0 bridgehead atoms. The van der Waals surface area contributed by atoms with Crippen LogP contribution in [-0.4, -0.2) is 51.6 Å². The Labute approximate surface area is 237 Å². The highest BCUT2D eigenvalue weighted by atomic mass is 16.5. The molecule has 2 aromatic heterocycles. The van der Waals surface area contributed by atoms with Gasteiger partial charge < -0.3 is 15.4 Å². The number of nitrogens with one attached hydrogen (secondary N) is 2. The zero-order chi connectivity index (χ0) is 28.3. The standard InChI is InChI=1S/C30H36N6O2.C2H6/c1-22(2)19-29(37)31-21-23-7-5-8-24(20-23)27-9-6-10-28-33-30(34-36(27)28)32-25-11-13-26(14-12-25)38-18-17-35-15-3-4-16-35;1-2/h5-14,20,22H,3-4,15-19,21H2,1-2H3,(H,31,37)(H,32,34);1-2H3. The molecule has 0 atom stereocenters. The number of pyridine rings is 1. The summed E-state index contributed by atoms with van der Waals surface area (Å²) < 4.78 is 7.76. The molecule has 4 aromatic rings. The highest BCUT2D eigenvalue weighted by molar-refractivity contribution is 5.76. The molecule has 1 aliphatic rings. The zero-order valence-electron chi connectivity index (χ0n) is 24.2. The normalized spacial score (nSPS) is 13.2. The van der Waals surface area contributed by atoms with Gasteiger partial charge in [0, 0.05) is 30.8 Å². The molecule has 0 spiro atoms. The van der Waals surface area contributed by atoms with Crippen LogP contribution in [-0.2, 0) is 11.3 Å². The van der Waals surface area contributed by atoms with Gasteiger partial charge in [0.15, 0.2) is 5.65 Å². The van der Waals surface area contributed by atoms with Crippen LogP contribution < -0.4 is 15.4 Å². The van der Waals surface area contributed by atoms with Gasteiger partial charge in [-0.15, -0.1) is 5.10 Å². The number of hydrogen-bond donors (Lipinski definition) is 2. The lowest BCUT2D eigenvalue weighted by molar-refractivity contribution is -0.121. The van der Waals surface area contributed by atoms with Crippen molar-refractivity contribution in [1.82, 2.24) is 24.8 Å². The van der Waals surface area contributed by atoms with E-state index in [1.807, 2.05) is 92.9 Å². The molecule has 0 saturated carbocycles. The van der Waals surface area contributed by atoms with E-state index in [1.165, 1.54) is 25.9 Å². The summed E-state index contributed by atoms with van der Waals surface area (Å²) in [6.07, 6.45) is 3.12. The summed E-state index contributed by atoms with van der Waals surface area (Å²) >= 11 is 0. The molecule has 8 nitrogen and oxygen atoms in total. The summed E-state index contributed by atoms with van der Waals surface area (Å²) in [7, 11) is 0. The van der Waals surface area contributed by atoms with Crippen molar-refractivity contribution in [3.63, 3.8) is 0 Å². The van der Waals surface area contributed by atoms with Gasteiger partial charge in [-0.2, -0.15) is 4.98 Å². The zero-order valence-corrected chi connectivity index (χ0v) is 24.2. The molecule has 1 saturated heterocycles. The smallest absolute Gasteiger partial charge is 0.247 e. The van der Waals surface area contributed by atoms with Gasteiger partial charge in [0.1, 0.15) is 12.4 Å². The third kappa shape index (κ3) is 8.05. The van der Waals surface area contributed by atoms with Crippen LogP contribution in [0.25, 0.3) is 16.9 Å². The van der Waals surface area contributed by atoms with Gasteiger partial charge in [-0.3, -0.25) is 9.69 Å². The molecule has 8 heteroatoms. The van der Waals surface area contributed by atoms with Crippen LogP contribution in [0.1, 0.15) is 52.5 Å². The van der Waals surface area contributed by atoms with Crippen LogP contribution in [0.2, 0.25) is 0 Å². The number of hydrogen-bond acceptors (Lipinski definition) is 6. The Morgan fingerprint density at radius 3 is 2.50 bits per heavy atom. The van der Waals surface area contributed by atoms with E-state index in [-0.39, 0.29) is 5.91 Å². The summed E-state index contributed by atoms with van der Waals surface area (Å²) in [4.78, 5) is 19.2. The van der Waals surface area contributed by atoms with Crippen molar-refractivity contribution in [2.45, 2.75) is 53.5 Å². The maximum absolute atomic E-state index is 12.1. The number of benzene rings is 2. The fraction of sp³-hybridized carbons (Fsp3) is 0.406. The fourth-order valence-corrected chi connectivity index (χ4v) is 4.72. The molecule has 1 amide bonds. The van der Waals surface area contributed by atoms with E-state index >= 15 is 0 Å². The lowest BCUT2D eigenvalue weighted by Gasteiger charge is -2.15. The molecule has 5 rings (SSSR count). The molecule has 40 heavy (non-hydrogen) atoms. The van der Waals surface area contributed by atoms with Crippen LogP contribution in [0, 0.1) is 5.92 Å². The minimum Gasteiger partial charge on any atom is -0.492 e. The Hall–Kier alpha value is -3.91. The van der Waals surface area contributed by atoms with Gasteiger partial charge in [-0.1, -0.05) is 52.0 Å². The number of likely N-dealkylation sites (tertiary alicyclic amines) is 1. The summed E-state index contributed by atoms with van der Waals surface area (Å²) in [6, 6.07) is 22.0. The second kappa shape index (κ2) is 14.5. The number of carbonyl (C=O) groups is 1. The van der Waals surface area contributed by atoms with Crippen molar-refractivity contribution in [2.24, 2.45) is 5.92 Å². The second-order valence-electron chi connectivity index (χ2n) is 10.2. The Kier molecular flexibility index (Phi) is 10.5. The highest BCUT2D eigenvalue weighted by Gasteiger charge is 2.12. The Morgan fingerprint density at radius 1 is 1.00 bits per heavy atom. The summed E-state index contributed by atoms with van der Waals surface area (Å²) in [5.41, 5.74) is 4.63. The number of aromatic nitrogens is 3. The maximum atomic E-state index is 12.1. The van der Waals surface area contributed by atoms with Gasteiger partial charge in [-0.25, -0.2) is 4.52 Å². The Balaban J connectivity index is 0.00000181. The first-order valence-corrected chi connectivity index (χ1v) is 14.5. The number of anilines is 2. The average Bonchev–Trinajstić information content (AvgIpc) is 3.63. The van der Waals surface area contributed by atoms with Gasteiger partial charge in [-0.05, 0) is 79.9 Å². The van der Waals surface area contributed by atoms with E-state index in [1.54, 1.807) is 0 Å². The molecule has 212 valence electrons. The lowest BCUT2D eigenvalue weighted by Crippen LogP contribution is -2.25. The molecule has 2 aromatic carbocycles. The predicted octanol–water partition coefficient (Wildman–Crippen LogP) is 6.30. The molecule has 1 fully saturated rings. The molecule has 0 radical (unpaired) electrons. The number of carbonyl (C=O) groups excluding carboxylic acids is 1. The van der Waals surface area contributed by atoms with Crippen molar-refractivity contribution in [2.75, 3.05) is 31.6 Å². The van der Waals surface area contributed by atoms with Crippen molar-refractivity contribution in [3.8, 4) is 17.0 Å². The monoisotopic (exact) mass is 542 g/mol. The third-order valence-electron chi connectivity index (χ3n) is 6.65. The van der Waals surface area contributed by atoms with Crippen LogP contribution in [0.3, 0.4) is 0 Å². The number of ether oxygens (including phenoxy) is 1. The van der Waals surface area contributed by atoms with E-state index in [0.29, 0.717) is 31.4 Å². The second-order valence-corrected chi connectivity index (χ2v) is 10.2. The van der Waals surface area contributed by atoms with Crippen molar-refractivity contribution in [3.05, 3.63) is 72.3 Å². The van der Waals surface area contributed by atoms with E-state index < -0.39 is 0 Å². The van der Waals surface area contributed by atoms with E-state index in [2.05, 4.69) is 26.6 Å². The van der Waals surface area contributed by atoms with Crippen molar-refractivity contribution < 1.29 is 9.53 Å². The molecular weight excluding hydrogens is 500 g/mol. The summed E-state index contributed by atoms with van der Waals surface area (Å²) in [6.45, 7) is 12.6. The van der Waals surface area contributed by atoms with Crippen LogP contribution in [0.5, 0.6) is 5.75 Å². The predicted molar refractivity (Wildman–Crippen MR) is 162 cm³/mol. The first-order chi connectivity index (χ1) is 19.5. The largest absolute Gasteiger partial charge is 0.492 e. The fourth-order valence-electron chi connectivity index (χ4n) is 4.72. The van der Waals surface area contributed by atoms with E-state index in [4.69, 9.17) is 9.84 Å². The maximum Gasteiger partial charge on any atom is 0.247 e. The van der Waals surface area contributed by atoms with Crippen LogP contribution >= 0.6 is 0 Å². The number of fused-ring (bicyclic) bond motifs is 1. The Bertz CT molecular complexity index is 1360. The van der Waals surface area contributed by atoms with Gasteiger partial charge in [0.05, 0.1) is 5.69 Å². The summed E-state index contributed by atoms with van der Waals surface area (Å²) in [5, 5.41) is 11.0. The summed E-state index contributed by atoms with van der Waals surface area (Å²) in [5.74, 6) is 1.80. The molecule has 0 aliphatic carbocycles. The topological polar surface area (TPSA) is 83.8 Å². The number of amides is 1. The van der Waals surface area contributed by atoms with Gasteiger partial charge in [0.25, 0.3) is 0 Å². The molecule has 3 heterocycles. The highest BCUT2D eigenvalue weighted by Crippen LogP contribution is 2.24. The minimum atomic E-state index is 0.0705. The van der Waals surface area contributed by atoms with Crippen molar-refractivity contribution in [1.29, 1.82) is 0 Å². The van der Waals surface area contributed by atoms with Crippen LogP contribution in [0.4, 0.5) is 11.6 Å². The van der Waals surface area contributed by atoms with E-state index in [9.17, 15) is 4.79 Å². The average molecular weight is 543 g/mol. The molecule has 1 aliphatic heterocycles. The quantitative estimate of drug-likeness (QED) is 0.231. The third-order valence-corrected chi connectivity index (χ3v) is 6.65. The molecule has 0 unspecified atom stereocenters. The Morgan fingerprint density at radius 2 is 1.75 bits per heavy atom. The number of rotatable bonds is 11. The minimum absolute atomic E-state index is 0.0705. The van der Waals surface area contributed by atoms with Crippen molar-refractivity contribution >= 4 is 23.2 Å². The first-order valence-electron chi connectivity index (χ1n) is 14.5. The van der Waals surface area contributed by atoms with Gasteiger partial charge >= 0.3 is 0 Å². The SMILES string of the molecule is CC.CC(C)CC(=O)NCc1cccc(-c2cccc3nc(Nc4ccc(OCCN5CCCC5)cc4)nn23)c1. The molecular formula is C32H42N6O2. The molecule has 2 N–H and O–H groups in total. The number of nitrogens with zero attached hydrogens (tertiary/aromatic N) is 4. The first kappa shape index (κ1) is 29.1. The van der Waals surface area contributed by atoms with Gasteiger partial charge in [0.2, 0.25) is 11.9 Å². The van der Waals surface area contributed by atoms with E-state index in [0.717, 1.165) is 40.4 Å². The lowest BCUT2D eigenvalue weighted by atomic mass is 10.1.